The van der Waals surface area contributed by atoms with E-state index in [1.165, 1.54) is 5.01 Å². The number of carboxylic acid groups (broad SMARTS) is 1. The Labute approximate surface area is 132 Å². The summed E-state index contributed by atoms with van der Waals surface area (Å²) in [5.41, 5.74) is 0. The van der Waals surface area contributed by atoms with Gasteiger partial charge in [-0.15, -0.1) is 0 Å². The van der Waals surface area contributed by atoms with Gasteiger partial charge < -0.3 is 19.3 Å². The second kappa shape index (κ2) is 6.86. The van der Waals surface area contributed by atoms with E-state index in [9.17, 15) is 23.8 Å². The third-order valence-corrected chi connectivity index (χ3v) is 5.37. The highest BCUT2D eigenvalue weighted by Crippen LogP contribution is 2.44. The molecule has 2 aliphatic rings. The highest BCUT2D eigenvalue weighted by Gasteiger charge is 2.44. The van der Waals surface area contributed by atoms with Crippen molar-refractivity contribution < 1.29 is 38.2 Å². The number of hydrazine groups is 1. The van der Waals surface area contributed by atoms with E-state index in [1.807, 2.05) is 0 Å². The van der Waals surface area contributed by atoms with Gasteiger partial charge in [-0.05, 0) is 12.8 Å². The van der Waals surface area contributed by atoms with E-state index in [2.05, 4.69) is 4.52 Å². The smallest absolute Gasteiger partial charge is 0.450 e. The standard InChI is InChI=1S/C12H19N2O8P/c1-21-23(19,20)7-8-4-5-9(15)13-6-2-3-10(22-12(17)18)14(13)11(8)16/h8,10H,2-7H2,1H3,(H,17,18)(H,19,20)/t8-,10+/m1/s1. The quantitative estimate of drug-likeness (QED) is 0.556. The van der Waals surface area contributed by atoms with E-state index in [0.29, 0.717) is 6.42 Å². The summed E-state index contributed by atoms with van der Waals surface area (Å²) in [7, 11) is -2.88. The Balaban J connectivity index is 2.27. The van der Waals surface area contributed by atoms with Crippen molar-refractivity contribution in [3.63, 3.8) is 0 Å². The van der Waals surface area contributed by atoms with Gasteiger partial charge in [0.2, 0.25) is 11.8 Å². The van der Waals surface area contributed by atoms with Gasteiger partial charge in [-0.2, -0.15) is 0 Å². The van der Waals surface area contributed by atoms with Crippen molar-refractivity contribution in [2.24, 2.45) is 5.92 Å². The molecule has 0 aliphatic carbocycles. The second-order valence-corrected chi connectivity index (χ2v) is 7.42. The zero-order chi connectivity index (χ0) is 17.2. The van der Waals surface area contributed by atoms with Crippen LogP contribution in [0.2, 0.25) is 0 Å². The molecule has 0 spiro atoms. The Kier molecular flexibility index (Phi) is 5.28. The van der Waals surface area contributed by atoms with Gasteiger partial charge in [0, 0.05) is 26.5 Å². The van der Waals surface area contributed by atoms with Crippen molar-refractivity contribution in [1.29, 1.82) is 0 Å². The minimum absolute atomic E-state index is 0.0242. The molecule has 130 valence electrons. The fourth-order valence-electron chi connectivity index (χ4n) is 2.79. The van der Waals surface area contributed by atoms with Gasteiger partial charge in [0.1, 0.15) is 0 Å². The highest BCUT2D eigenvalue weighted by atomic mass is 31.2. The Morgan fingerprint density at radius 2 is 2.09 bits per heavy atom. The van der Waals surface area contributed by atoms with Crippen LogP contribution in [0.1, 0.15) is 25.7 Å². The van der Waals surface area contributed by atoms with Crippen LogP contribution in [0.4, 0.5) is 4.79 Å². The summed E-state index contributed by atoms with van der Waals surface area (Å²) in [5.74, 6) is -1.87. The van der Waals surface area contributed by atoms with Crippen molar-refractivity contribution in [3.05, 3.63) is 0 Å². The van der Waals surface area contributed by atoms with Crippen LogP contribution in [0.25, 0.3) is 0 Å². The molecular weight excluding hydrogens is 331 g/mol. The van der Waals surface area contributed by atoms with Crippen LogP contribution in [0, 0.1) is 5.92 Å². The molecule has 2 heterocycles. The zero-order valence-corrected chi connectivity index (χ0v) is 13.5. The predicted molar refractivity (Wildman–Crippen MR) is 75.1 cm³/mol. The molecule has 10 nitrogen and oxygen atoms in total. The van der Waals surface area contributed by atoms with Crippen LogP contribution in [-0.2, 0) is 23.4 Å². The molecule has 1 unspecified atom stereocenters. The summed E-state index contributed by atoms with van der Waals surface area (Å²) in [6, 6.07) is 0. The summed E-state index contributed by atoms with van der Waals surface area (Å²) in [6.45, 7) is 0.276. The summed E-state index contributed by atoms with van der Waals surface area (Å²) in [5, 5.41) is 11.0. The summed E-state index contributed by atoms with van der Waals surface area (Å²) in [6.07, 6.45) is -2.22. The lowest BCUT2D eigenvalue weighted by atomic mass is 10.0. The van der Waals surface area contributed by atoms with Crippen molar-refractivity contribution >= 4 is 25.6 Å². The lowest BCUT2D eigenvalue weighted by Gasteiger charge is -2.42. The topological polar surface area (TPSA) is 134 Å². The Bertz CT molecular complexity index is 553. The number of nitrogens with zero attached hydrogens (tertiary/aromatic N) is 2. The predicted octanol–water partition coefficient (Wildman–Crippen LogP) is 0.615. The van der Waals surface area contributed by atoms with Gasteiger partial charge in [-0.25, -0.2) is 14.8 Å². The van der Waals surface area contributed by atoms with Crippen LogP contribution in [0.5, 0.6) is 0 Å². The first kappa shape index (κ1) is 17.7. The maximum Gasteiger partial charge on any atom is 0.507 e. The molecule has 3 atom stereocenters. The van der Waals surface area contributed by atoms with Crippen LogP contribution in [-0.4, -0.2) is 64.0 Å². The molecule has 0 radical (unpaired) electrons. The number of fused-ring (bicyclic) bond motifs is 1. The van der Waals surface area contributed by atoms with Gasteiger partial charge in [0.05, 0.1) is 12.1 Å². The van der Waals surface area contributed by atoms with Gasteiger partial charge in [0.15, 0.2) is 6.23 Å². The molecule has 0 aromatic rings. The fraction of sp³-hybridized carbons (Fsp3) is 0.750. The van der Waals surface area contributed by atoms with Gasteiger partial charge in [-0.1, -0.05) is 0 Å². The minimum Gasteiger partial charge on any atom is -0.450 e. The summed E-state index contributed by atoms with van der Waals surface area (Å²) in [4.78, 5) is 45.3. The second-order valence-electron chi connectivity index (χ2n) is 5.42. The van der Waals surface area contributed by atoms with Crippen molar-refractivity contribution in [3.8, 4) is 0 Å². The summed E-state index contributed by atoms with van der Waals surface area (Å²) < 4.78 is 21.0. The zero-order valence-electron chi connectivity index (χ0n) is 12.6. The molecule has 2 aliphatic heterocycles. The lowest BCUT2D eigenvalue weighted by molar-refractivity contribution is -0.197. The molecule has 2 N–H and O–H groups in total. The Morgan fingerprint density at radius 1 is 1.39 bits per heavy atom. The fourth-order valence-corrected chi connectivity index (χ4v) is 3.84. The molecule has 23 heavy (non-hydrogen) atoms. The molecule has 0 bridgehead atoms. The number of hydrogen-bond acceptors (Lipinski definition) is 6. The van der Waals surface area contributed by atoms with E-state index in [4.69, 9.17) is 9.84 Å². The number of carbonyl (C=O) groups excluding carboxylic acids is 2. The monoisotopic (exact) mass is 350 g/mol. The molecule has 2 rings (SSSR count). The molecular formula is C12H19N2O8P. The van der Waals surface area contributed by atoms with Crippen molar-refractivity contribution in [2.45, 2.75) is 31.9 Å². The third kappa shape index (κ3) is 4.01. The largest absolute Gasteiger partial charge is 0.507 e. The van der Waals surface area contributed by atoms with Crippen molar-refractivity contribution in [1.82, 2.24) is 10.0 Å². The van der Waals surface area contributed by atoms with E-state index < -0.39 is 38.0 Å². The highest BCUT2D eigenvalue weighted by molar-refractivity contribution is 7.52. The van der Waals surface area contributed by atoms with Crippen LogP contribution in [0.15, 0.2) is 0 Å². The Hall–Kier alpha value is -1.64. The number of rotatable bonds is 4. The van der Waals surface area contributed by atoms with Crippen LogP contribution < -0.4 is 0 Å². The number of hydrogen-bond donors (Lipinski definition) is 2. The van der Waals surface area contributed by atoms with Crippen LogP contribution >= 0.6 is 7.60 Å². The lowest BCUT2D eigenvalue weighted by Crippen LogP contribution is -2.59. The first-order valence-electron chi connectivity index (χ1n) is 7.15. The Morgan fingerprint density at radius 3 is 2.70 bits per heavy atom. The van der Waals surface area contributed by atoms with E-state index in [0.717, 1.165) is 12.1 Å². The van der Waals surface area contributed by atoms with E-state index >= 15 is 0 Å². The van der Waals surface area contributed by atoms with E-state index in [1.54, 1.807) is 0 Å². The van der Waals surface area contributed by atoms with Gasteiger partial charge in [0.25, 0.3) is 0 Å². The van der Waals surface area contributed by atoms with Crippen molar-refractivity contribution in [2.75, 3.05) is 19.8 Å². The molecule has 11 heteroatoms. The molecule has 0 saturated carbocycles. The maximum atomic E-state index is 12.7. The molecule has 0 aromatic carbocycles. The van der Waals surface area contributed by atoms with Crippen LogP contribution in [0.3, 0.4) is 0 Å². The van der Waals surface area contributed by atoms with Gasteiger partial charge in [-0.3, -0.25) is 14.2 Å². The molecule has 2 saturated heterocycles. The summed E-state index contributed by atoms with van der Waals surface area (Å²) >= 11 is 0. The first-order valence-corrected chi connectivity index (χ1v) is 8.92. The normalized spacial score (nSPS) is 27.9. The van der Waals surface area contributed by atoms with Gasteiger partial charge >= 0.3 is 13.8 Å². The number of carbonyl (C=O) groups is 3. The average Bonchev–Trinajstić information content (AvgIpc) is 2.59. The SMILES string of the molecule is COP(=O)(O)C[C@H]1CCC(=O)N2CCC[C@H](OC(=O)O)N2C1=O. The number of ether oxygens (including phenoxy) is 1. The molecule has 0 aromatic heterocycles. The van der Waals surface area contributed by atoms with E-state index in [-0.39, 0.29) is 31.7 Å². The number of amides is 2. The molecule has 2 fully saturated rings. The first-order chi connectivity index (χ1) is 10.7. The third-order valence-electron chi connectivity index (χ3n) is 3.90. The molecule has 2 amide bonds. The average molecular weight is 350 g/mol. The minimum atomic E-state index is -3.95. The maximum absolute atomic E-state index is 12.7.